The van der Waals surface area contributed by atoms with Crippen molar-refractivity contribution in [3.05, 3.63) is 18.2 Å². The fourth-order valence-corrected chi connectivity index (χ4v) is 2.03. The highest BCUT2D eigenvalue weighted by Gasteiger charge is 2.09. The molecule has 5 heteroatoms. The molecule has 0 aromatic heterocycles. The van der Waals surface area contributed by atoms with Gasteiger partial charge >= 0.3 is 0 Å². The molecule has 0 aliphatic carbocycles. The Morgan fingerprint density at radius 1 is 1.47 bits per heavy atom. The highest BCUT2D eigenvalue weighted by atomic mass is 32.2. The minimum atomic E-state index is -2.69. The van der Waals surface area contributed by atoms with Gasteiger partial charge in [0.1, 0.15) is 5.75 Å². The Hall–Kier alpha value is -1.23. The SMILES string of the molecule is COc1cc([S@@](C)(=N)=O)ccc1NCC(C)C. The van der Waals surface area contributed by atoms with Crippen LogP contribution in [0.3, 0.4) is 0 Å². The number of nitrogens with one attached hydrogen (secondary N) is 2. The first-order valence-corrected chi connectivity index (χ1v) is 7.47. The van der Waals surface area contributed by atoms with E-state index in [4.69, 9.17) is 9.52 Å². The topological polar surface area (TPSA) is 62.2 Å². The molecule has 0 fully saturated rings. The van der Waals surface area contributed by atoms with E-state index in [1.54, 1.807) is 19.2 Å². The van der Waals surface area contributed by atoms with Crippen molar-refractivity contribution in [3.8, 4) is 5.75 Å². The first-order valence-electron chi connectivity index (χ1n) is 5.50. The molecule has 0 spiro atoms. The summed E-state index contributed by atoms with van der Waals surface area (Å²) in [7, 11) is -1.12. The van der Waals surface area contributed by atoms with Gasteiger partial charge in [0.15, 0.2) is 0 Å². The molecule has 1 aromatic rings. The van der Waals surface area contributed by atoms with Gasteiger partial charge in [-0.2, -0.15) is 0 Å². The van der Waals surface area contributed by atoms with E-state index < -0.39 is 9.73 Å². The van der Waals surface area contributed by atoms with Gasteiger partial charge in [-0.05, 0) is 24.1 Å². The van der Waals surface area contributed by atoms with E-state index in [9.17, 15) is 4.21 Å². The molecule has 4 nitrogen and oxygen atoms in total. The average Bonchev–Trinajstić information content (AvgIpc) is 2.24. The zero-order chi connectivity index (χ0) is 13.1. The molecule has 1 rings (SSSR count). The van der Waals surface area contributed by atoms with Crippen LogP contribution >= 0.6 is 0 Å². The molecule has 0 bridgehead atoms. The quantitative estimate of drug-likeness (QED) is 0.851. The number of hydrogen-bond acceptors (Lipinski definition) is 4. The van der Waals surface area contributed by atoms with Crippen molar-refractivity contribution in [2.24, 2.45) is 5.92 Å². The third-order valence-corrected chi connectivity index (χ3v) is 3.48. The summed E-state index contributed by atoms with van der Waals surface area (Å²) in [6, 6.07) is 5.19. The van der Waals surface area contributed by atoms with Crippen molar-refractivity contribution < 1.29 is 8.95 Å². The van der Waals surface area contributed by atoms with Gasteiger partial charge in [0, 0.05) is 12.8 Å². The average molecular weight is 256 g/mol. The van der Waals surface area contributed by atoms with Crippen LogP contribution in [0.15, 0.2) is 23.1 Å². The van der Waals surface area contributed by atoms with Crippen LogP contribution in [-0.2, 0) is 9.73 Å². The molecule has 0 heterocycles. The molecule has 0 saturated heterocycles. The fraction of sp³-hybridized carbons (Fsp3) is 0.500. The van der Waals surface area contributed by atoms with Crippen LogP contribution in [-0.4, -0.2) is 24.1 Å². The molecule has 96 valence electrons. The molecular formula is C12H20N2O2S. The monoisotopic (exact) mass is 256 g/mol. The second-order valence-corrected chi connectivity index (χ2v) is 6.64. The third-order valence-electron chi connectivity index (χ3n) is 2.32. The van der Waals surface area contributed by atoms with Crippen LogP contribution in [0.2, 0.25) is 0 Å². The summed E-state index contributed by atoms with van der Waals surface area (Å²) in [6.07, 6.45) is 1.41. The summed E-state index contributed by atoms with van der Waals surface area (Å²) in [5.41, 5.74) is 0.869. The Bertz CT molecular complexity index is 481. The minimum Gasteiger partial charge on any atom is -0.495 e. The van der Waals surface area contributed by atoms with Crippen LogP contribution in [0, 0.1) is 10.7 Å². The molecular weight excluding hydrogens is 236 g/mol. The standard InChI is InChI=1S/C12H20N2O2S/c1-9(2)8-14-11-6-5-10(17(4,13)15)7-12(11)16-3/h5-7,9,13-14H,8H2,1-4H3/t17-/m0/s1. The van der Waals surface area contributed by atoms with E-state index in [1.807, 2.05) is 6.07 Å². The van der Waals surface area contributed by atoms with Crippen LogP contribution in [0.1, 0.15) is 13.8 Å². The van der Waals surface area contributed by atoms with Gasteiger partial charge in [0.05, 0.1) is 27.4 Å². The molecule has 0 aliphatic heterocycles. The van der Waals surface area contributed by atoms with Crippen molar-refractivity contribution in [3.63, 3.8) is 0 Å². The van der Waals surface area contributed by atoms with Crippen molar-refractivity contribution in [2.75, 3.05) is 25.2 Å². The molecule has 17 heavy (non-hydrogen) atoms. The van der Waals surface area contributed by atoms with Gasteiger partial charge in [-0.1, -0.05) is 13.8 Å². The van der Waals surface area contributed by atoms with Crippen molar-refractivity contribution in [1.29, 1.82) is 4.78 Å². The maximum Gasteiger partial charge on any atom is 0.143 e. The van der Waals surface area contributed by atoms with E-state index in [0.717, 1.165) is 12.2 Å². The number of anilines is 1. The molecule has 0 radical (unpaired) electrons. The Morgan fingerprint density at radius 3 is 2.59 bits per heavy atom. The van der Waals surface area contributed by atoms with Crippen LogP contribution < -0.4 is 10.1 Å². The molecule has 2 N–H and O–H groups in total. The molecule has 0 saturated carbocycles. The lowest BCUT2D eigenvalue weighted by Gasteiger charge is -2.14. The second-order valence-electron chi connectivity index (χ2n) is 4.48. The number of hydrogen-bond donors (Lipinski definition) is 2. The molecule has 0 unspecified atom stereocenters. The first-order chi connectivity index (χ1) is 7.84. The summed E-state index contributed by atoms with van der Waals surface area (Å²) in [4.78, 5) is 0.490. The summed E-state index contributed by atoms with van der Waals surface area (Å²) in [5.74, 6) is 1.16. The Morgan fingerprint density at radius 2 is 2.12 bits per heavy atom. The van der Waals surface area contributed by atoms with E-state index in [2.05, 4.69) is 19.2 Å². The predicted octanol–water partition coefficient (Wildman–Crippen LogP) is 2.80. The lowest BCUT2D eigenvalue weighted by Crippen LogP contribution is -2.09. The van der Waals surface area contributed by atoms with Gasteiger partial charge in [0.25, 0.3) is 0 Å². The number of methoxy groups -OCH3 is 1. The Labute approximate surface area is 103 Å². The maximum atomic E-state index is 11.6. The Balaban J connectivity index is 3.02. The zero-order valence-electron chi connectivity index (χ0n) is 10.7. The normalized spacial score (nSPS) is 14.4. The highest BCUT2D eigenvalue weighted by molar-refractivity contribution is 7.91. The summed E-state index contributed by atoms with van der Waals surface area (Å²) in [5, 5.41) is 3.26. The lowest BCUT2D eigenvalue weighted by atomic mass is 10.2. The van der Waals surface area contributed by atoms with Gasteiger partial charge in [0.2, 0.25) is 0 Å². The largest absolute Gasteiger partial charge is 0.495 e. The van der Waals surface area contributed by atoms with Gasteiger partial charge < -0.3 is 10.1 Å². The van der Waals surface area contributed by atoms with Gasteiger partial charge in [-0.15, -0.1) is 0 Å². The van der Waals surface area contributed by atoms with E-state index in [-0.39, 0.29) is 0 Å². The second kappa shape index (κ2) is 5.40. The molecule has 1 atom stereocenters. The molecule has 0 amide bonds. The summed E-state index contributed by atoms with van der Waals surface area (Å²) < 4.78 is 24.4. The molecule has 1 aromatic carbocycles. The van der Waals surface area contributed by atoms with E-state index in [0.29, 0.717) is 16.6 Å². The maximum absolute atomic E-state index is 11.6. The van der Waals surface area contributed by atoms with Gasteiger partial charge in [-0.25, -0.2) is 8.99 Å². The van der Waals surface area contributed by atoms with Gasteiger partial charge in [-0.3, -0.25) is 0 Å². The lowest BCUT2D eigenvalue weighted by molar-refractivity contribution is 0.415. The van der Waals surface area contributed by atoms with Crippen LogP contribution in [0.4, 0.5) is 5.69 Å². The number of benzene rings is 1. The van der Waals surface area contributed by atoms with E-state index >= 15 is 0 Å². The first kappa shape index (κ1) is 13.8. The van der Waals surface area contributed by atoms with E-state index in [1.165, 1.54) is 6.26 Å². The number of rotatable bonds is 5. The highest BCUT2D eigenvalue weighted by Crippen LogP contribution is 2.27. The van der Waals surface area contributed by atoms with Crippen molar-refractivity contribution >= 4 is 15.4 Å². The Kier molecular flexibility index (Phi) is 4.40. The number of ether oxygens (including phenoxy) is 1. The van der Waals surface area contributed by atoms with Crippen LogP contribution in [0.25, 0.3) is 0 Å². The summed E-state index contributed by atoms with van der Waals surface area (Å²) in [6.45, 7) is 5.09. The zero-order valence-corrected chi connectivity index (χ0v) is 11.6. The molecule has 0 aliphatic rings. The van der Waals surface area contributed by atoms with Crippen molar-refractivity contribution in [2.45, 2.75) is 18.7 Å². The van der Waals surface area contributed by atoms with Crippen molar-refractivity contribution in [1.82, 2.24) is 0 Å². The minimum absolute atomic E-state index is 0.490. The fourth-order valence-electron chi connectivity index (χ4n) is 1.37. The predicted molar refractivity (Wildman–Crippen MR) is 71.4 cm³/mol. The smallest absolute Gasteiger partial charge is 0.143 e. The summed E-state index contributed by atoms with van der Waals surface area (Å²) >= 11 is 0. The third kappa shape index (κ3) is 3.93. The van der Waals surface area contributed by atoms with Crippen LogP contribution in [0.5, 0.6) is 5.75 Å².